The number of hydrogen-bond acceptors (Lipinski definition) is 4. The molecule has 0 aliphatic carbocycles. The van der Waals surface area contributed by atoms with Gasteiger partial charge in [0.2, 0.25) is 0 Å². The molecule has 0 aliphatic rings. The molecule has 0 bridgehead atoms. The summed E-state index contributed by atoms with van der Waals surface area (Å²) < 4.78 is 7.42. The van der Waals surface area contributed by atoms with Crippen LogP contribution in [0.15, 0.2) is 36.7 Å². The molecular formula is C15H20ClN3O2. The summed E-state index contributed by atoms with van der Waals surface area (Å²) in [4.78, 5) is 4.20. The Balaban J connectivity index is 1.63. The molecule has 0 amide bonds. The highest BCUT2D eigenvalue weighted by Gasteiger charge is 2.06. The fourth-order valence-corrected chi connectivity index (χ4v) is 2.09. The molecule has 2 rings (SSSR count). The van der Waals surface area contributed by atoms with Gasteiger partial charge in [-0.3, -0.25) is 0 Å². The molecule has 2 aromatic rings. The van der Waals surface area contributed by atoms with E-state index < -0.39 is 6.10 Å². The van der Waals surface area contributed by atoms with Gasteiger partial charge in [-0.25, -0.2) is 4.98 Å². The number of ether oxygens (including phenoxy) is 1. The number of rotatable bonds is 8. The lowest BCUT2D eigenvalue weighted by Gasteiger charge is -2.13. The van der Waals surface area contributed by atoms with Crippen molar-refractivity contribution in [2.75, 3.05) is 13.2 Å². The maximum absolute atomic E-state index is 9.85. The van der Waals surface area contributed by atoms with E-state index in [0.29, 0.717) is 24.7 Å². The zero-order valence-corrected chi connectivity index (χ0v) is 12.8. The van der Waals surface area contributed by atoms with E-state index in [9.17, 15) is 5.11 Å². The van der Waals surface area contributed by atoms with E-state index in [2.05, 4.69) is 10.3 Å². The first-order valence-corrected chi connectivity index (χ1v) is 7.20. The maximum atomic E-state index is 9.85. The fraction of sp³-hybridized carbons (Fsp3) is 0.400. The quantitative estimate of drug-likeness (QED) is 0.780. The van der Waals surface area contributed by atoms with Crippen molar-refractivity contribution in [1.29, 1.82) is 0 Å². The van der Waals surface area contributed by atoms with Gasteiger partial charge in [-0.1, -0.05) is 29.8 Å². The van der Waals surface area contributed by atoms with E-state index in [1.807, 2.05) is 42.1 Å². The molecule has 0 spiro atoms. The Morgan fingerprint density at radius 2 is 2.24 bits per heavy atom. The minimum atomic E-state index is -0.562. The van der Waals surface area contributed by atoms with Crippen LogP contribution < -0.4 is 5.32 Å². The van der Waals surface area contributed by atoms with Crippen molar-refractivity contribution in [1.82, 2.24) is 14.9 Å². The lowest BCUT2D eigenvalue weighted by Crippen LogP contribution is -2.30. The molecule has 1 unspecified atom stereocenters. The van der Waals surface area contributed by atoms with Gasteiger partial charge in [0.25, 0.3) is 0 Å². The van der Waals surface area contributed by atoms with E-state index in [4.69, 9.17) is 16.3 Å². The molecule has 0 radical (unpaired) electrons. The third kappa shape index (κ3) is 5.13. The maximum Gasteiger partial charge on any atom is 0.122 e. The van der Waals surface area contributed by atoms with Crippen LogP contribution in [-0.4, -0.2) is 33.9 Å². The van der Waals surface area contributed by atoms with Crippen LogP contribution in [0.4, 0.5) is 0 Å². The van der Waals surface area contributed by atoms with Crippen LogP contribution in [0.3, 0.4) is 0 Å². The summed E-state index contributed by atoms with van der Waals surface area (Å²) in [6.45, 7) is 1.73. The van der Waals surface area contributed by atoms with Gasteiger partial charge >= 0.3 is 0 Å². The minimum absolute atomic E-state index is 0.263. The number of aromatic nitrogens is 2. The number of imidazole rings is 1. The van der Waals surface area contributed by atoms with E-state index in [-0.39, 0.29) is 6.61 Å². The van der Waals surface area contributed by atoms with Gasteiger partial charge in [0.15, 0.2) is 0 Å². The molecular weight excluding hydrogens is 290 g/mol. The zero-order valence-electron chi connectivity index (χ0n) is 12.0. The van der Waals surface area contributed by atoms with Gasteiger partial charge in [0.1, 0.15) is 5.82 Å². The van der Waals surface area contributed by atoms with Gasteiger partial charge in [0, 0.05) is 31.0 Å². The van der Waals surface area contributed by atoms with Crippen LogP contribution in [0, 0.1) is 0 Å². The van der Waals surface area contributed by atoms with Crippen molar-refractivity contribution in [2.45, 2.75) is 19.3 Å². The van der Waals surface area contributed by atoms with Gasteiger partial charge < -0.3 is 19.7 Å². The summed E-state index contributed by atoms with van der Waals surface area (Å²) in [5.41, 5.74) is 0.923. The average Bonchev–Trinajstić information content (AvgIpc) is 2.87. The third-order valence-electron chi connectivity index (χ3n) is 3.11. The zero-order chi connectivity index (χ0) is 15.1. The molecule has 114 valence electrons. The number of aliphatic hydroxyl groups is 1. The first kappa shape index (κ1) is 16.0. The third-order valence-corrected chi connectivity index (χ3v) is 3.48. The van der Waals surface area contributed by atoms with Crippen LogP contribution >= 0.6 is 11.6 Å². The van der Waals surface area contributed by atoms with Gasteiger partial charge in [-0.15, -0.1) is 0 Å². The van der Waals surface area contributed by atoms with Crippen LogP contribution in [0.2, 0.25) is 5.02 Å². The predicted octanol–water partition coefficient (Wildman–Crippen LogP) is 1.74. The Kier molecular flexibility index (Phi) is 6.20. The van der Waals surface area contributed by atoms with E-state index in [1.165, 1.54) is 0 Å². The Morgan fingerprint density at radius 3 is 2.95 bits per heavy atom. The van der Waals surface area contributed by atoms with Crippen LogP contribution in [-0.2, 0) is 24.9 Å². The van der Waals surface area contributed by atoms with Crippen LogP contribution in [0.5, 0.6) is 0 Å². The molecule has 0 saturated heterocycles. The summed E-state index contributed by atoms with van der Waals surface area (Å²) >= 11 is 6.03. The number of hydrogen-bond donors (Lipinski definition) is 2. The largest absolute Gasteiger partial charge is 0.389 e. The number of aliphatic hydroxyl groups excluding tert-OH is 1. The average molecular weight is 310 g/mol. The lowest BCUT2D eigenvalue weighted by molar-refractivity contribution is 0.0287. The topological polar surface area (TPSA) is 59.3 Å². The summed E-state index contributed by atoms with van der Waals surface area (Å²) in [5.74, 6) is 0.930. The standard InChI is InChI=1S/C15H20ClN3O2/c1-19-7-6-18-15(19)9-17-8-13(20)11-21-10-12-4-2-3-5-14(12)16/h2-7,13,17,20H,8-11H2,1H3. The van der Waals surface area contributed by atoms with Crippen molar-refractivity contribution in [3.63, 3.8) is 0 Å². The summed E-state index contributed by atoms with van der Waals surface area (Å²) in [7, 11) is 1.94. The van der Waals surface area contributed by atoms with Gasteiger partial charge in [-0.05, 0) is 11.6 Å². The highest BCUT2D eigenvalue weighted by molar-refractivity contribution is 6.31. The Labute approximate surface area is 129 Å². The molecule has 1 atom stereocenters. The number of halogens is 1. The van der Waals surface area contributed by atoms with Crippen molar-refractivity contribution in [3.05, 3.63) is 53.1 Å². The molecule has 1 aromatic heterocycles. The second-order valence-electron chi connectivity index (χ2n) is 4.85. The second-order valence-corrected chi connectivity index (χ2v) is 5.25. The fourth-order valence-electron chi connectivity index (χ4n) is 1.90. The lowest BCUT2D eigenvalue weighted by atomic mass is 10.2. The normalized spacial score (nSPS) is 12.5. The Bertz CT molecular complexity index is 559. The van der Waals surface area contributed by atoms with Gasteiger partial charge in [0.05, 0.1) is 25.9 Å². The second kappa shape index (κ2) is 8.14. The van der Waals surface area contributed by atoms with Crippen molar-refractivity contribution in [2.24, 2.45) is 7.05 Å². The molecule has 0 saturated carbocycles. The molecule has 0 fully saturated rings. The Hall–Kier alpha value is -1.40. The smallest absolute Gasteiger partial charge is 0.122 e. The van der Waals surface area contributed by atoms with Crippen molar-refractivity contribution in [3.8, 4) is 0 Å². The molecule has 1 heterocycles. The Morgan fingerprint density at radius 1 is 1.43 bits per heavy atom. The van der Waals surface area contributed by atoms with E-state index >= 15 is 0 Å². The monoisotopic (exact) mass is 309 g/mol. The first-order chi connectivity index (χ1) is 10.2. The van der Waals surface area contributed by atoms with Crippen LogP contribution in [0.25, 0.3) is 0 Å². The van der Waals surface area contributed by atoms with Crippen molar-refractivity contribution < 1.29 is 9.84 Å². The molecule has 5 nitrogen and oxygen atoms in total. The van der Waals surface area contributed by atoms with Gasteiger partial charge in [-0.2, -0.15) is 0 Å². The minimum Gasteiger partial charge on any atom is -0.389 e. The molecule has 1 aromatic carbocycles. The number of nitrogens with one attached hydrogen (secondary N) is 1. The highest BCUT2D eigenvalue weighted by atomic mass is 35.5. The molecule has 21 heavy (non-hydrogen) atoms. The van der Waals surface area contributed by atoms with E-state index in [0.717, 1.165) is 11.4 Å². The number of nitrogens with zero attached hydrogens (tertiary/aromatic N) is 2. The molecule has 0 aliphatic heterocycles. The molecule has 2 N–H and O–H groups in total. The summed E-state index contributed by atoms with van der Waals surface area (Å²) in [6.07, 6.45) is 3.08. The summed E-state index contributed by atoms with van der Waals surface area (Å²) in [6, 6.07) is 7.52. The first-order valence-electron chi connectivity index (χ1n) is 6.83. The molecule has 6 heteroatoms. The number of benzene rings is 1. The van der Waals surface area contributed by atoms with Crippen LogP contribution in [0.1, 0.15) is 11.4 Å². The SMILES string of the molecule is Cn1ccnc1CNCC(O)COCc1ccccc1Cl. The number of aryl methyl sites for hydroxylation is 1. The van der Waals surface area contributed by atoms with E-state index in [1.54, 1.807) is 6.20 Å². The van der Waals surface area contributed by atoms with Crippen molar-refractivity contribution >= 4 is 11.6 Å². The predicted molar refractivity (Wildman–Crippen MR) is 82.0 cm³/mol. The summed E-state index contributed by atoms with van der Waals surface area (Å²) in [5, 5.41) is 13.7. The highest BCUT2D eigenvalue weighted by Crippen LogP contribution is 2.15.